The molecule has 0 saturated carbocycles. The Morgan fingerprint density at radius 1 is 1.16 bits per heavy atom. The van der Waals surface area contributed by atoms with E-state index >= 15 is 0 Å². The number of aliphatic imine (C=N–C) groups is 1. The number of amidine groups is 1. The number of carbonyl (C=O) groups excluding carboxylic acids is 1. The van der Waals surface area contributed by atoms with Gasteiger partial charge in [-0.15, -0.1) is 0 Å². The summed E-state index contributed by atoms with van der Waals surface area (Å²) in [6, 6.07) is 16.2. The number of carboxylic acid groups (broad SMARTS) is 1. The minimum Gasteiger partial charge on any atom is -0.490 e. The maximum absolute atomic E-state index is 14.0. The smallest absolute Gasteiger partial charge is 0.335 e. The highest BCUT2D eigenvalue weighted by Crippen LogP contribution is 2.38. The molecule has 0 spiro atoms. The summed E-state index contributed by atoms with van der Waals surface area (Å²) >= 11 is 3.35. The van der Waals surface area contributed by atoms with E-state index < -0.39 is 5.97 Å². The lowest BCUT2D eigenvalue weighted by Crippen LogP contribution is -2.23. The van der Waals surface area contributed by atoms with Crippen molar-refractivity contribution in [1.82, 2.24) is 4.90 Å². The minimum absolute atomic E-state index is 0.0512. The van der Waals surface area contributed by atoms with E-state index in [4.69, 9.17) is 14.6 Å². The van der Waals surface area contributed by atoms with Gasteiger partial charge in [-0.3, -0.25) is 9.69 Å². The molecule has 1 aliphatic heterocycles. The maximum Gasteiger partial charge on any atom is 0.335 e. The first-order valence-corrected chi connectivity index (χ1v) is 13.1. The van der Waals surface area contributed by atoms with Crippen molar-refractivity contribution in [1.29, 1.82) is 0 Å². The molecule has 190 valence electrons. The van der Waals surface area contributed by atoms with E-state index in [1.807, 2.05) is 13.0 Å². The van der Waals surface area contributed by atoms with Gasteiger partial charge in [0.15, 0.2) is 16.7 Å². The van der Waals surface area contributed by atoms with Crippen molar-refractivity contribution in [2.75, 3.05) is 13.7 Å². The molecule has 1 heterocycles. The fraction of sp³-hybridized carbons (Fsp3) is 0.148. The van der Waals surface area contributed by atoms with Crippen molar-refractivity contribution >= 4 is 63.2 Å². The first-order chi connectivity index (χ1) is 17.8. The van der Waals surface area contributed by atoms with Gasteiger partial charge in [0.25, 0.3) is 5.91 Å². The Balaban J connectivity index is 1.58. The number of carbonyl (C=O) groups is 2. The van der Waals surface area contributed by atoms with Crippen molar-refractivity contribution in [3.05, 3.63) is 91.6 Å². The van der Waals surface area contributed by atoms with Crippen LogP contribution in [0.2, 0.25) is 0 Å². The van der Waals surface area contributed by atoms with Crippen LogP contribution in [0.15, 0.2) is 70.6 Å². The van der Waals surface area contributed by atoms with E-state index in [9.17, 15) is 14.0 Å². The molecule has 4 rings (SSSR count). The van der Waals surface area contributed by atoms with Crippen LogP contribution in [0.4, 0.5) is 10.1 Å². The molecule has 1 aliphatic rings. The van der Waals surface area contributed by atoms with Crippen LogP contribution in [0.3, 0.4) is 0 Å². The highest BCUT2D eigenvalue weighted by Gasteiger charge is 2.30. The van der Waals surface area contributed by atoms with E-state index in [-0.39, 0.29) is 23.9 Å². The molecule has 3 aromatic rings. The number of halogens is 2. The number of likely N-dealkylation sites (N-methyl/N-ethyl adjacent to an activating group) is 1. The van der Waals surface area contributed by atoms with Gasteiger partial charge < -0.3 is 14.6 Å². The molecule has 0 bridgehead atoms. The first kappa shape index (κ1) is 26.7. The number of aromatic carboxylic acids is 1. The van der Waals surface area contributed by atoms with Crippen LogP contribution in [-0.4, -0.2) is 40.7 Å². The Morgan fingerprint density at radius 3 is 2.57 bits per heavy atom. The van der Waals surface area contributed by atoms with E-state index in [2.05, 4.69) is 27.6 Å². The largest absolute Gasteiger partial charge is 0.490 e. The fourth-order valence-corrected chi connectivity index (χ4v) is 5.20. The monoisotopic (exact) mass is 632 g/mol. The van der Waals surface area contributed by atoms with Crippen molar-refractivity contribution in [3.8, 4) is 11.5 Å². The van der Waals surface area contributed by atoms with Gasteiger partial charge in [-0.05, 0) is 95.4 Å². The third-order valence-corrected chi connectivity index (χ3v) is 7.16. The fourth-order valence-electron chi connectivity index (χ4n) is 3.43. The zero-order valence-electron chi connectivity index (χ0n) is 19.9. The molecule has 0 radical (unpaired) electrons. The highest BCUT2D eigenvalue weighted by molar-refractivity contribution is 14.1. The van der Waals surface area contributed by atoms with Gasteiger partial charge >= 0.3 is 5.97 Å². The summed E-state index contributed by atoms with van der Waals surface area (Å²) in [6.07, 6.45) is 1.75. The van der Waals surface area contributed by atoms with E-state index in [1.165, 1.54) is 34.9 Å². The highest BCUT2D eigenvalue weighted by atomic mass is 127. The zero-order chi connectivity index (χ0) is 26.5. The Hall–Kier alpha value is -3.38. The molecule has 1 fully saturated rings. The van der Waals surface area contributed by atoms with Crippen LogP contribution in [-0.2, 0) is 11.4 Å². The van der Waals surface area contributed by atoms with E-state index in [0.29, 0.717) is 39.4 Å². The Bertz CT molecular complexity index is 1410. The topological polar surface area (TPSA) is 88.4 Å². The second kappa shape index (κ2) is 11.8. The van der Waals surface area contributed by atoms with Crippen LogP contribution < -0.4 is 9.47 Å². The summed E-state index contributed by atoms with van der Waals surface area (Å²) in [7, 11) is 1.63. The van der Waals surface area contributed by atoms with E-state index in [1.54, 1.807) is 49.5 Å². The van der Waals surface area contributed by atoms with Gasteiger partial charge in [0.1, 0.15) is 12.4 Å². The number of hydrogen-bond acceptors (Lipinski definition) is 6. The number of benzene rings is 3. The molecule has 0 aromatic heterocycles. The first-order valence-electron chi connectivity index (χ1n) is 11.2. The Morgan fingerprint density at radius 2 is 1.89 bits per heavy atom. The summed E-state index contributed by atoms with van der Waals surface area (Å²) in [6.45, 7) is 2.31. The number of rotatable bonds is 8. The van der Waals surface area contributed by atoms with Crippen molar-refractivity contribution in [2.45, 2.75) is 13.5 Å². The van der Waals surface area contributed by atoms with Gasteiger partial charge in [-0.2, -0.15) is 0 Å². The van der Waals surface area contributed by atoms with Crippen LogP contribution in [0, 0.1) is 9.39 Å². The molecule has 3 aromatic carbocycles. The number of carboxylic acids is 1. The molecule has 37 heavy (non-hydrogen) atoms. The summed E-state index contributed by atoms with van der Waals surface area (Å²) < 4.78 is 26.5. The molecule has 1 saturated heterocycles. The van der Waals surface area contributed by atoms with Crippen molar-refractivity contribution < 1.29 is 28.6 Å². The molecular formula is C27H22FIN2O5S. The quantitative estimate of drug-likeness (QED) is 0.231. The Labute approximate surface area is 231 Å². The molecule has 0 unspecified atom stereocenters. The zero-order valence-corrected chi connectivity index (χ0v) is 22.9. The number of nitrogens with zero attached hydrogens (tertiary/aromatic N) is 2. The summed E-state index contributed by atoms with van der Waals surface area (Å²) in [5.74, 6) is -0.570. The lowest BCUT2D eigenvalue weighted by atomic mass is 10.1. The molecule has 1 N–H and O–H groups in total. The third-order valence-electron chi connectivity index (χ3n) is 5.30. The summed E-state index contributed by atoms with van der Waals surface area (Å²) in [5.41, 5.74) is 1.88. The van der Waals surface area contributed by atoms with Crippen LogP contribution in [0.5, 0.6) is 11.5 Å². The average molecular weight is 632 g/mol. The van der Waals surface area contributed by atoms with Crippen molar-refractivity contribution in [2.24, 2.45) is 4.99 Å². The SMILES string of the molecule is CCOc1cc(/C=C2\SC(=Nc3ccc(C(=O)O)cc3)N(C)C2=O)cc(I)c1OCc1ccccc1F. The van der Waals surface area contributed by atoms with Crippen molar-refractivity contribution in [3.63, 3.8) is 0 Å². The summed E-state index contributed by atoms with van der Waals surface area (Å²) in [5, 5.41) is 9.54. The lowest BCUT2D eigenvalue weighted by molar-refractivity contribution is -0.121. The molecule has 1 amide bonds. The number of hydrogen-bond donors (Lipinski definition) is 1. The number of thioether (sulfide) groups is 1. The normalized spacial score (nSPS) is 15.5. The maximum atomic E-state index is 14.0. The van der Waals surface area contributed by atoms with Gasteiger partial charge in [0, 0.05) is 12.6 Å². The number of amides is 1. The predicted molar refractivity (Wildman–Crippen MR) is 150 cm³/mol. The average Bonchev–Trinajstić information content (AvgIpc) is 3.12. The Kier molecular flexibility index (Phi) is 8.49. The predicted octanol–water partition coefficient (Wildman–Crippen LogP) is 6.34. The standard InChI is InChI=1S/C27H22FIN2O5S/c1-3-35-22-13-16(12-21(29)24(22)36-15-18-6-4-5-7-20(18)28)14-23-25(32)31(2)27(37-23)30-19-10-8-17(9-11-19)26(33)34/h4-14H,3,15H2,1-2H3,(H,33,34)/b23-14-,30-27?. The van der Waals surface area contributed by atoms with E-state index in [0.717, 1.165) is 9.13 Å². The second-order valence-corrected chi connectivity index (χ2v) is 10.0. The van der Waals surface area contributed by atoms with Gasteiger partial charge in [0.2, 0.25) is 0 Å². The molecule has 7 nitrogen and oxygen atoms in total. The molecular weight excluding hydrogens is 610 g/mol. The van der Waals surface area contributed by atoms with Crippen LogP contribution >= 0.6 is 34.4 Å². The molecule has 0 aliphatic carbocycles. The minimum atomic E-state index is -1.02. The molecule has 10 heteroatoms. The van der Waals surface area contributed by atoms with Gasteiger partial charge in [-0.25, -0.2) is 14.2 Å². The molecule has 0 atom stereocenters. The summed E-state index contributed by atoms with van der Waals surface area (Å²) in [4.78, 5) is 30.4. The van der Waals surface area contributed by atoms with Gasteiger partial charge in [0.05, 0.1) is 26.3 Å². The van der Waals surface area contributed by atoms with Crippen LogP contribution in [0.1, 0.15) is 28.4 Å². The van der Waals surface area contributed by atoms with Gasteiger partial charge in [-0.1, -0.05) is 18.2 Å². The third kappa shape index (κ3) is 6.31. The number of ether oxygens (including phenoxy) is 2. The van der Waals surface area contributed by atoms with Crippen LogP contribution in [0.25, 0.3) is 6.08 Å². The second-order valence-electron chi connectivity index (χ2n) is 7.86. The lowest BCUT2D eigenvalue weighted by Gasteiger charge is -2.15.